The van der Waals surface area contributed by atoms with Gasteiger partial charge < -0.3 is 24.0 Å². The van der Waals surface area contributed by atoms with Crippen molar-refractivity contribution in [2.24, 2.45) is 13.0 Å². The zero-order chi connectivity index (χ0) is 47.9. The summed E-state index contributed by atoms with van der Waals surface area (Å²) in [5.41, 5.74) is 2.46. The molecule has 6 heterocycles. The van der Waals surface area contributed by atoms with Gasteiger partial charge in [0.15, 0.2) is 28.9 Å². The van der Waals surface area contributed by atoms with Crippen LogP contribution in [0.25, 0.3) is 10.9 Å². The normalized spacial score (nSPS) is 17.8. The van der Waals surface area contributed by atoms with Gasteiger partial charge in [-0.2, -0.15) is 5.10 Å². The fourth-order valence-electron chi connectivity index (χ4n) is 9.64. The number of carbonyl (C=O) groups excluding carboxylic acids is 4. The molecular weight excluding hydrogens is 898 g/mol. The molecule has 0 aliphatic carbocycles. The molecule has 1 atom stereocenters. The van der Waals surface area contributed by atoms with E-state index in [1.165, 1.54) is 30.3 Å². The molecule has 5 aromatic rings. The summed E-state index contributed by atoms with van der Waals surface area (Å²) in [7, 11) is -0.453. The van der Waals surface area contributed by atoms with Crippen molar-refractivity contribution >= 4 is 61.8 Å². The van der Waals surface area contributed by atoms with Crippen molar-refractivity contribution in [1.82, 2.24) is 29.9 Å². The van der Waals surface area contributed by atoms with Gasteiger partial charge in [0.1, 0.15) is 21.4 Å². The Morgan fingerprint density at radius 3 is 2.29 bits per heavy atom. The Bertz CT molecular complexity index is 2880. The molecule has 9 rings (SSSR count). The molecule has 3 aromatic carbocycles. The lowest BCUT2D eigenvalue weighted by molar-refractivity contribution is -0.120. The average Bonchev–Trinajstić information content (AvgIpc) is 3.77. The van der Waals surface area contributed by atoms with Gasteiger partial charge in [0.05, 0.1) is 42.2 Å². The SMILES string of the molecule is CCOc1cc([C@@H](CS(C)(=O)=O)N2C(=O)c3ccnc(N4CCN(CCC5CCN(c6ccc(Oc7cc8c(cc7F)c(N7CCC(=O)NC7=O)nn8C)cc6)CC5)CC4)c3C2=O)ccc1OC. The van der Waals surface area contributed by atoms with Crippen molar-refractivity contribution in [3.05, 3.63) is 89.4 Å². The van der Waals surface area contributed by atoms with Crippen LogP contribution in [0.1, 0.15) is 64.9 Å². The Labute approximate surface area is 393 Å². The number of piperidine rings is 1. The Kier molecular flexibility index (Phi) is 13.0. The first-order chi connectivity index (χ1) is 32.7. The predicted molar refractivity (Wildman–Crippen MR) is 252 cm³/mol. The van der Waals surface area contributed by atoms with Gasteiger partial charge in [-0.25, -0.2) is 22.6 Å². The topological polar surface area (TPSA) is 189 Å². The maximum absolute atomic E-state index is 15.4. The van der Waals surface area contributed by atoms with E-state index in [4.69, 9.17) is 14.2 Å². The first kappa shape index (κ1) is 46.3. The van der Waals surface area contributed by atoms with E-state index in [2.05, 4.69) is 25.2 Å². The number of sulfone groups is 1. The number of hydrogen-bond acceptors (Lipinski definition) is 14. The van der Waals surface area contributed by atoms with Crippen LogP contribution in [0.4, 0.5) is 26.5 Å². The van der Waals surface area contributed by atoms with Gasteiger partial charge in [-0.15, -0.1) is 0 Å². The highest BCUT2D eigenvalue weighted by Crippen LogP contribution is 2.40. The molecule has 0 unspecified atom stereocenters. The van der Waals surface area contributed by atoms with Gasteiger partial charge in [-0.05, 0) is 92.7 Å². The van der Waals surface area contributed by atoms with E-state index >= 15 is 4.39 Å². The molecule has 0 spiro atoms. The van der Waals surface area contributed by atoms with Crippen molar-refractivity contribution in [3.63, 3.8) is 0 Å². The van der Waals surface area contributed by atoms with E-state index in [-0.39, 0.29) is 41.6 Å². The van der Waals surface area contributed by atoms with Crippen LogP contribution >= 0.6 is 0 Å². The van der Waals surface area contributed by atoms with Crippen molar-refractivity contribution in [2.75, 3.05) is 92.8 Å². The molecule has 358 valence electrons. The van der Waals surface area contributed by atoms with Crippen molar-refractivity contribution in [2.45, 2.75) is 38.6 Å². The highest BCUT2D eigenvalue weighted by Gasteiger charge is 2.45. The second-order valence-electron chi connectivity index (χ2n) is 17.6. The number of imide groups is 2. The molecule has 0 radical (unpaired) electrons. The Morgan fingerprint density at radius 2 is 1.60 bits per heavy atom. The van der Waals surface area contributed by atoms with Gasteiger partial charge in [0.2, 0.25) is 5.91 Å². The number of fused-ring (bicyclic) bond motifs is 2. The van der Waals surface area contributed by atoms with Crippen molar-refractivity contribution in [3.8, 4) is 23.0 Å². The van der Waals surface area contributed by atoms with E-state index in [0.717, 1.165) is 68.8 Å². The summed E-state index contributed by atoms with van der Waals surface area (Å²) in [6, 6.07) is 15.2. The number of methoxy groups -OCH3 is 1. The van der Waals surface area contributed by atoms with Crippen LogP contribution in [0, 0.1) is 11.7 Å². The number of piperazine rings is 1. The minimum atomic E-state index is -3.65. The second-order valence-corrected chi connectivity index (χ2v) is 19.8. The number of hydrogen-bond donors (Lipinski definition) is 1. The van der Waals surface area contributed by atoms with Crippen LogP contribution < -0.4 is 34.2 Å². The summed E-state index contributed by atoms with van der Waals surface area (Å²) in [4.78, 5) is 66.2. The summed E-state index contributed by atoms with van der Waals surface area (Å²) in [5, 5.41) is 7.15. The molecule has 1 N–H and O–H groups in total. The smallest absolute Gasteiger partial charge is 0.329 e. The highest BCUT2D eigenvalue weighted by molar-refractivity contribution is 7.90. The molecule has 18 nitrogen and oxygen atoms in total. The van der Waals surface area contributed by atoms with E-state index < -0.39 is 45.3 Å². The van der Waals surface area contributed by atoms with Crippen LogP contribution in [0.5, 0.6) is 23.0 Å². The number of aromatic nitrogens is 3. The Morgan fingerprint density at radius 1 is 0.853 bits per heavy atom. The largest absolute Gasteiger partial charge is 0.493 e. The standard InChI is InChI=1S/C48H54FN9O9S/c1-5-66-41-26-31(6-11-39(41)65-3)38(29-68(4,63)64)58-46(60)34-12-17-50-45(43(34)47(58)61)56-24-22-54(23-25-56)18-13-30-14-19-55(20-15-30)32-7-9-33(10-8-32)67-40-28-37-35(27-36(40)49)44(52-53(37)2)57-21-16-42(59)51-48(57)62/h6-12,17,26-28,30,38H,5,13-16,18-25,29H2,1-4H3,(H,51,59,62)/t38-/m1/s1. The summed E-state index contributed by atoms with van der Waals surface area (Å²) >= 11 is 0. The van der Waals surface area contributed by atoms with E-state index in [9.17, 15) is 27.6 Å². The lowest BCUT2D eigenvalue weighted by atomic mass is 9.93. The number of carbonyl (C=O) groups is 4. The van der Waals surface area contributed by atoms with Crippen LogP contribution in [0.15, 0.2) is 66.9 Å². The average molecular weight is 952 g/mol. The summed E-state index contributed by atoms with van der Waals surface area (Å²) in [6.45, 7) is 7.78. The maximum Gasteiger partial charge on any atom is 0.329 e. The summed E-state index contributed by atoms with van der Waals surface area (Å²) in [5.74, 6) is 0.0204. The number of benzene rings is 3. The highest BCUT2D eigenvalue weighted by atomic mass is 32.2. The molecular formula is C48H54FN9O9S. The summed E-state index contributed by atoms with van der Waals surface area (Å²) in [6.07, 6.45) is 5.88. The number of ether oxygens (including phenoxy) is 3. The molecule has 2 aromatic heterocycles. The van der Waals surface area contributed by atoms with E-state index in [1.54, 1.807) is 36.0 Å². The van der Waals surface area contributed by atoms with E-state index in [0.29, 0.717) is 65.1 Å². The van der Waals surface area contributed by atoms with Crippen LogP contribution in [-0.2, 0) is 21.7 Å². The minimum absolute atomic E-state index is 0.0269. The van der Waals surface area contributed by atoms with Crippen LogP contribution in [0.2, 0.25) is 0 Å². The van der Waals surface area contributed by atoms with Gasteiger partial charge in [0, 0.05) is 88.9 Å². The number of rotatable bonds is 15. The lowest BCUT2D eigenvalue weighted by Gasteiger charge is -2.38. The fourth-order valence-corrected chi connectivity index (χ4v) is 10.6. The monoisotopic (exact) mass is 951 g/mol. The number of halogens is 1. The number of anilines is 3. The van der Waals surface area contributed by atoms with Gasteiger partial charge in [0.25, 0.3) is 11.8 Å². The molecule has 5 amide bonds. The molecule has 20 heteroatoms. The molecule has 3 fully saturated rings. The third-order valence-electron chi connectivity index (χ3n) is 13.2. The van der Waals surface area contributed by atoms with Gasteiger partial charge in [-0.1, -0.05) is 6.07 Å². The van der Waals surface area contributed by atoms with Gasteiger partial charge in [-0.3, -0.25) is 39.1 Å². The molecule has 68 heavy (non-hydrogen) atoms. The van der Waals surface area contributed by atoms with Crippen LogP contribution in [0.3, 0.4) is 0 Å². The number of urea groups is 1. The number of amides is 5. The maximum atomic E-state index is 15.4. The number of nitrogens with one attached hydrogen (secondary N) is 1. The predicted octanol–water partition coefficient (Wildman–Crippen LogP) is 5.56. The number of nitrogens with zero attached hydrogens (tertiary/aromatic N) is 8. The minimum Gasteiger partial charge on any atom is -0.493 e. The third kappa shape index (κ3) is 9.38. The van der Waals surface area contributed by atoms with Crippen molar-refractivity contribution in [1.29, 1.82) is 0 Å². The fraction of sp³-hybridized carbons (Fsp3) is 0.417. The van der Waals surface area contributed by atoms with Gasteiger partial charge >= 0.3 is 6.03 Å². The van der Waals surface area contributed by atoms with Crippen LogP contribution in [-0.4, -0.2) is 135 Å². The first-order valence-corrected chi connectivity index (χ1v) is 24.9. The number of pyridine rings is 1. The molecule has 4 aliphatic rings. The van der Waals surface area contributed by atoms with E-state index in [1.807, 2.05) is 36.1 Å². The van der Waals surface area contributed by atoms with Crippen molar-refractivity contribution < 1.29 is 46.2 Å². The molecule has 0 bridgehead atoms. The summed E-state index contributed by atoms with van der Waals surface area (Å²) < 4.78 is 59.6. The quantitative estimate of drug-likeness (QED) is 0.128. The molecule has 0 saturated carbocycles. The molecule has 4 aliphatic heterocycles. The lowest BCUT2D eigenvalue weighted by Crippen LogP contribution is -2.49. The Balaban J connectivity index is 0.771. The third-order valence-corrected chi connectivity index (χ3v) is 14.1. The first-order valence-electron chi connectivity index (χ1n) is 22.8. The number of aryl methyl sites for hydroxylation is 1. The second kappa shape index (κ2) is 19.1. The molecule has 3 saturated heterocycles. The Hall–Kier alpha value is -6.80. The zero-order valence-corrected chi connectivity index (χ0v) is 39.3. The zero-order valence-electron chi connectivity index (χ0n) is 38.4.